The first-order valence-corrected chi connectivity index (χ1v) is 6.85. The van der Waals surface area contributed by atoms with E-state index in [-0.39, 0.29) is 5.82 Å². The first-order valence-electron chi connectivity index (χ1n) is 6.44. The molecular formula is C16H13FN2OS. The lowest BCUT2D eigenvalue weighted by Gasteiger charge is -2.15. The van der Waals surface area contributed by atoms with Gasteiger partial charge in [0.25, 0.3) is 0 Å². The second-order valence-electron chi connectivity index (χ2n) is 4.63. The van der Waals surface area contributed by atoms with E-state index < -0.39 is 0 Å². The number of para-hydroxylation sites is 2. The third-order valence-electron chi connectivity index (χ3n) is 3.32. The van der Waals surface area contributed by atoms with Crippen LogP contribution in [-0.2, 0) is 0 Å². The summed E-state index contributed by atoms with van der Waals surface area (Å²) in [6, 6.07) is 12.0. The van der Waals surface area contributed by atoms with Crippen molar-refractivity contribution in [3.63, 3.8) is 0 Å². The predicted octanol–water partition coefficient (Wildman–Crippen LogP) is 4.21. The minimum Gasteiger partial charge on any atom is -0.495 e. The number of fused-ring (bicyclic) bond motifs is 1. The van der Waals surface area contributed by atoms with Crippen LogP contribution in [-0.4, -0.2) is 16.7 Å². The Morgan fingerprint density at radius 2 is 1.95 bits per heavy atom. The van der Waals surface area contributed by atoms with E-state index in [0.717, 1.165) is 11.5 Å². The summed E-state index contributed by atoms with van der Waals surface area (Å²) in [7, 11) is 1.60. The van der Waals surface area contributed by atoms with Crippen molar-refractivity contribution in [2.45, 2.75) is 6.92 Å². The molecule has 1 heterocycles. The van der Waals surface area contributed by atoms with Crippen LogP contribution in [0.4, 0.5) is 4.39 Å². The normalized spacial score (nSPS) is 10.8. The highest BCUT2D eigenvalue weighted by atomic mass is 32.1. The largest absolute Gasteiger partial charge is 0.495 e. The molecule has 0 unspecified atom stereocenters. The number of ether oxygens (including phenoxy) is 1. The number of aromatic nitrogens is 2. The van der Waals surface area contributed by atoms with Gasteiger partial charge in [-0.3, -0.25) is 4.57 Å². The molecule has 0 atom stereocenters. The summed E-state index contributed by atoms with van der Waals surface area (Å²) < 4.78 is 21.2. The topological polar surface area (TPSA) is 27.1 Å². The summed E-state index contributed by atoms with van der Waals surface area (Å²) in [6.45, 7) is 1.87. The van der Waals surface area contributed by atoms with Gasteiger partial charge >= 0.3 is 0 Å². The second kappa shape index (κ2) is 5.26. The van der Waals surface area contributed by atoms with Crippen molar-refractivity contribution in [1.29, 1.82) is 0 Å². The number of aryl methyl sites for hydroxylation is 1. The molecule has 0 aliphatic carbocycles. The molecule has 0 bridgehead atoms. The standard InChI is InChI=1S/C16H13FN2OS/c1-10-18-13-8-7-11(17)9-12(13)16(21)19(10)14-5-3-4-6-15(14)20-2/h3-9H,1-2H3. The number of methoxy groups -OCH3 is 1. The molecule has 106 valence electrons. The van der Waals surface area contributed by atoms with Crippen LogP contribution in [0.1, 0.15) is 5.82 Å². The fraction of sp³-hybridized carbons (Fsp3) is 0.125. The summed E-state index contributed by atoms with van der Waals surface area (Å²) in [4.78, 5) is 4.50. The zero-order chi connectivity index (χ0) is 15.0. The molecule has 0 N–H and O–H groups in total. The molecule has 3 aromatic rings. The lowest BCUT2D eigenvalue weighted by atomic mass is 10.2. The minimum atomic E-state index is -0.328. The molecule has 0 aliphatic heterocycles. The SMILES string of the molecule is COc1ccccc1-n1c(C)nc2ccc(F)cc2c1=S. The van der Waals surface area contributed by atoms with Crippen molar-refractivity contribution < 1.29 is 9.13 Å². The fourth-order valence-electron chi connectivity index (χ4n) is 2.37. The molecular weight excluding hydrogens is 287 g/mol. The van der Waals surface area contributed by atoms with Gasteiger partial charge < -0.3 is 4.74 Å². The monoisotopic (exact) mass is 300 g/mol. The summed E-state index contributed by atoms with van der Waals surface area (Å²) in [6.07, 6.45) is 0. The molecule has 21 heavy (non-hydrogen) atoms. The Morgan fingerprint density at radius 3 is 2.71 bits per heavy atom. The van der Waals surface area contributed by atoms with Crippen LogP contribution in [0.15, 0.2) is 42.5 Å². The highest BCUT2D eigenvalue weighted by Crippen LogP contribution is 2.26. The van der Waals surface area contributed by atoms with Gasteiger partial charge in [0, 0.05) is 5.39 Å². The summed E-state index contributed by atoms with van der Waals surface area (Å²) in [5.74, 6) is 1.09. The van der Waals surface area contributed by atoms with Gasteiger partial charge in [-0.15, -0.1) is 0 Å². The van der Waals surface area contributed by atoms with Gasteiger partial charge in [0.15, 0.2) is 0 Å². The lowest BCUT2D eigenvalue weighted by molar-refractivity contribution is 0.412. The summed E-state index contributed by atoms with van der Waals surface area (Å²) >= 11 is 5.53. The number of hydrogen-bond donors (Lipinski definition) is 0. The molecule has 1 aromatic heterocycles. The van der Waals surface area contributed by atoms with Crippen LogP contribution < -0.4 is 4.74 Å². The van der Waals surface area contributed by atoms with E-state index >= 15 is 0 Å². The van der Waals surface area contributed by atoms with Crippen LogP contribution in [0.5, 0.6) is 5.75 Å². The Bertz CT molecular complexity index is 889. The molecule has 3 nitrogen and oxygen atoms in total. The van der Waals surface area contributed by atoms with Gasteiger partial charge in [0.05, 0.1) is 18.3 Å². The highest BCUT2D eigenvalue weighted by Gasteiger charge is 2.11. The third-order valence-corrected chi connectivity index (χ3v) is 3.73. The van der Waals surface area contributed by atoms with Gasteiger partial charge in [0.1, 0.15) is 22.0 Å². The highest BCUT2D eigenvalue weighted by molar-refractivity contribution is 7.71. The van der Waals surface area contributed by atoms with E-state index in [1.54, 1.807) is 17.7 Å². The molecule has 0 spiro atoms. The van der Waals surface area contributed by atoms with Gasteiger partial charge in [-0.2, -0.15) is 0 Å². The maximum Gasteiger partial charge on any atom is 0.142 e. The quantitative estimate of drug-likeness (QED) is 0.663. The average Bonchev–Trinajstić information content (AvgIpc) is 2.49. The van der Waals surface area contributed by atoms with Crippen molar-refractivity contribution in [2.24, 2.45) is 0 Å². The van der Waals surface area contributed by atoms with E-state index in [2.05, 4.69) is 4.98 Å². The van der Waals surface area contributed by atoms with Crippen LogP contribution in [0.25, 0.3) is 16.6 Å². The molecule has 0 amide bonds. The van der Waals surface area contributed by atoms with Gasteiger partial charge in [-0.25, -0.2) is 9.37 Å². The Kier molecular flexibility index (Phi) is 3.43. The van der Waals surface area contributed by atoms with E-state index in [1.807, 2.05) is 31.2 Å². The number of rotatable bonds is 2. The number of benzene rings is 2. The Balaban J connectivity index is 2.40. The van der Waals surface area contributed by atoms with E-state index in [9.17, 15) is 4.39 Å². The molecule has 3 rings (SSSR count). The van der Waals surface area contributed by atoms with E-state index in [4.69, 9.17) is 17.0 Å². The van der Waals surface area contributed by atoms with Crippen molar-refractivity contribution in [3.05, 3.63) is 58.7 Å². The van der Waals surface area contributed by atoms with Crippen molar-refractivity contribution >= 4 is 23.1 Å². The van der Waals surface area contributed by atoms with Crippen LogP contribution in [0.3, 0.4) is 0 Å². The van der Waals surface area contributed by atoms with Crippen LogP contribution in [0, 0.1) is 17.4 Å². The Hall–Kier alpha value is -2.27. The second-order valence-corrected chi connectivity index (χ2v) is 5.02. The van der Waals surface area contributed by atoms with E-state index in [1.165, 1.54) is 12.1 Å². The van der Waals surface area contributed by atoms with Crippen molar-refractivity contribution in [3.8, 4) is 11.4 Å². The van der Waals surface area contributed by atoms with Crippen LogP contribution in [0.2, 0.25) is 0 Å². The van der Waals surface area contributed by atoms with Gasteiger partial charge in [-0.1, -0.05) is 24.4 Å². The number of hydrogen-bond acceptors (Lipinski definition) is 3. The first kappa shape index (κ1) is 13.7. The smallest absolute Gasteiger partial charge is 0.142 e. The van der Waals surface area contributed by atoms with Crippen molar-refractivity contribution in [1.82, 2.24) is 9.55 Å². The summed E-state index contributed by atoms with van der Waals surface area (Å²) in [5.41, 5.74) is 1.48. The Morgan fingerprint density at radius 1 is 1.19 bits per heavy atom. The average molecular weight is 300 g/mol. The number of halogens is 1. The van der Waals surface area contributed by atoms with E-state index in [0.29, 0.717) is 21.3 Å². The maximum absolute atomic E-state index is 13.5. The van der Waals surface area contributed by atoms with Gasteiger partial charge in [-0.05, 0) is 37.3 Å². The van der Waals surface area contributed by atoms with Gasteiger partial charge in [0.2, 0.25) is 0 Å². The lowest BCUT2D eigenvalue weighted by Crippen LogP contribution is -2.07. The maximum atomic E-state index is 13.5. The molecule has 0 aliphatic rings. The molecule has 0 fully saturated rings. The third kappa shape index (κ3) is 2.29. The molecule has 0 saturated heterocycles. The molecule has 5 heteroatoms. The minimum absolute atomic E-state index is 0.328. The Labute approximate surface area is 126 Å². The molecule has 0 saturated carbocycles. The zero-order valence-electron chi connectivity index (χ0n) is 11.6. The molecule has 2 aromatic carbocycles. The summed E-state index contributed by atoms with van der Waals surface area (Å²) in [5, 5.41) is 0.613. The fourth-order valence-corrected chi connectivity index (χ4v) is 2.76. The number of nitrogens with zero attached hydrogens (tertiary/aromatic N) is 2. The zero-order valence-corrected chi connectivity index (χ0v) is 12.4. The van der Waals surface area contributed by atoms with Crippen LogP contribution >= 0.6 is 12.2 Å². The first-order chi connectivity index (χ1) is 10.1. The molecule has 0 radical (unpaired) electrons. The predicted molar refractivity (Wildman–Crippen MR) is 83.2 cm³/mol. The van der Waals surface area contributed by atoms with Crippen molar-refractivity contribution in [2.75, 3.05) is 7.11 Å².